The van der Waals surface area contributed by atoms with Crippen LogP contribution in [-0.2, 0) is 6.42 Å². The molecule has 0 heterocycles. The van der Waals surface area contributed by atoms with Gasteiger partial charge in [-0.25, -0.2) is 0 Å². The Hall–Kier alpha value is -0.860. The molecule has 78 valence electrons. The van der Waals surface area contributed by atoms with E-state index >= 15 is 0 Å². The summed E-state index contributed by atoms with van der Waals surface area (Å²) in [6.45, 7) is 4.54. The van der Waals surface area contributed by atoms with Gasteiger partial charge >= 0.3 is 0 Å². The van der Waals surface area contributed by atoms with E-state index in [0.29, 0.717) is 13.0 Å². The van der Waals surface area contributed by atoms with E-state index in [-0.39, 0.29) is 0 Å². The van der Waals surface area contributed by atoms with Gasteiger partial charge in [0.1, 0.15) is 0 Å². The number of hydrogen-bond acceptors (Lipinski definition) is 2. The Kier molecular flexibility index (Phi) is 3.67. The third-order valence-electron chi connectivity index (χ3n) is 2.39. The molecule has 0 amide bonds. The zero-order valence-electron chi connectivity index (χ0n) is 9.17. The summed E-state index contributed by atoms with van der Waals surface area (Å²) in [5.41, 5.74) is 1.79. The second kappa shape index (κ2) is 4.58. The minimum absolute atomic E-state index is 0.612. The van der Waals surface area contributed by atoms with Gasteiger partial charge in [0.15, 0.2) is 0 Å². The van der Waals surface area contributed by atoms with Crippen LogP contribution in [0.4, 0.5) is 0 Å². The van der Waals surface area contributed by atoms with Crippen molar-refractivity contribution in [1.29, 1.82) is 0 Å². The Morgan fingerprint density at radius 2 is 2.00 bits per heavy atom. The minimum atomic E-state index is -0.666. The molecule has 0 bridgehead atoms. The number of likely N-dealkylation sites (N-methyl/N-ethyl adjacent to an activating group) is 1. The molecule has 0 spiro atoms. The Balaban J connectivity index is 2.73. The third-order valence-corrected chi connectivity index (χ3v) is 2.39. The van der Waals surface area contributed by atoms with Gasteiger partial charge in [-0.15, -0.1) is 0 Å². The first-order valence-corrected chi connectivity index (χ1v) is 4.97. The molecule has 0 saturated heterocycles. The normalized spacial score (nSPS) is 15.1. The van der Waals surface area contributed by atoms with Crippen molar-refractivity contribution in [3.8, 4) is 0 Å². The van der Waals surface area contributed by atoms with Gasteiger partial charge < -0.3 is 10.4 Å². The van der Waals surface area contributed by atoms with Crippen LogP contribution < -0.4 is 5.32 Å². The maximum atomic E-state index is 10.0. The van der Waals surface area contributed by atoms with Crippen LogP contribution in [0.1, 0.15) is 18.1 Å². The van der Waals surface area contributed by atoms with Crippen molar-refractivity contribution in [2.75, 3.05) is 13.6 Å². The van der Waals surface area contributed by atoms with E-state index in [4.69, 9.17) is 0 Å². The summed E-state index contributed by atoms with van der Waals surface area (Å²) in [4.78, 5) is 0. The molecule has 0 fully saturated rings. The number of nitrogens with one attached hydrogen (secondary N) is 1. The van der Waals surface area contributed by atoms with Gasteiger partial charge in [0.2, 0.25) is 0 Å². The molecule has 0 aliphatic heterocycles. The number of aryl methyl sites for hydroxylation is 1. The molecule has 2 heteroatoms. The number of aliphatic hydroxyl groups is 1. The van der Waals surface area contributed by atoms with Crippen molar-refractivity contribution in [1.82, 2.24) is 5.32 Å². The van der Waals surface area contributed by atoms with Crippen molar-refractivity contribution in [3.05, 3.63) is 35.4 Å². The first-order valence-electron chi connectivity index (χ1n) is 4.97. The lowest BCUT2D eigenvalue weighted by molar-refractivity contribution is 0.0621. The van der Waals surface area contributed by atoms with E-state index in [9.17, 15) is 5.11 Å². The second-order valence-corrected chi connectivity index (χ2v) is 4.13. The smallest absolute Gasteiger partial charge is 0.0783 e. The monoisotopic (exact) mass is 193 g/mol. The van der Waals surface area contributed by atoms with Crippen LogP contribution >= 0.6 is 0 Å². The molecule has 2 nitrogen and oxygen atoms in total. The summed E-state index contributed by atoms with van der Waals surface area (Å²) in [6, 6.07) is 8.17. The Bertz CT molecular complexity index is 294. The quantitative estimate of drug-likeness (QED) is 0.759. The maximum absolute atomic E-state index is 10.0. The molecule has 1 atom stereocenters. The molecule has 1 aromatic rings. The first-order chi connectivity index (χ1) is 6.55. The van der Waals surface area contributed by atoms with Crippen LogP contribution in [0.3, 0.4) is 0 Å². The SMILES string of the molecule is CNCC(C)(O)Cc1ccccc1C. The lowest BCUT2D eigenvalue weighted by Crippen LogP contribution is -2.38. The molecular formula is C12H19NO. The van der Waals surface area contributed by atoms with Gasteiger partial charge in [-0.3, -0.25) is 0 Å². The van der Waals surface area contributed by atoms with E-state index in [1.54, 1.807) is 0 Å². The highest BCUT2D eigenvalue weighted by Gasteiger charge is 2.20. The number of benzene rings is 1. The van der Waals surface area contributed by atoms with Gasteiger partial charge in [0.25, 0.3) is 0 Å². The Labute approximate surface area is 86.0 Å². The number of hydrogen-bond donors (Lipinski definition) is 2. The molecule has 0 radical (unpaired) electrons. The van der Waals surface area contributed by atoms with E-state index in [2.05, 4.69) is 24.4 Å². The average Bonchev–Trinajstić information content (AvgIpc) is 2.08. The molecular weight excluding hydrogens is 174 g/mol. The van der Waals surface area contributed by atoms with Crippen LogP contribution in [0.15, 0.2) is 24.3 Å². The van der Waals surface area contributed by atoms with Crippen LogP contribution in [-0.4, -0.2) is 24.3 Å². The van der Waals surface area contributed by atoms with Gasteiger partial charge in [0, 0.05) is 13.0 Å². The largest absolute Gasteiger partial charge is 0.389 e. The molecule has 1 rings (SSSR count). The second-order valence-electron chi connectivity index (χ2n) is 4.13. The Morgan fingerprint density at radius 3 is 2.57 bits per heavy atom. The standard InChI is InChI=1S/C12H19NO/c1-10-6-4-5-7-11(10)8-12(2,14)9-13-3/h4-7,13-14H,8-9H2,1-3H3. The van der Waals surface area contributed by atoms with Crippen molar-refractivity contribution in [3.63, 3.8) is 0 Å². The fraction of sp³-hybridized carbons (Fsp3) is 0.500. The molecule has 0 aromatic heterocycles. The van der Waals surface area contributed by atoms with Crippen molar-refractivity contribution in [2.24, 2.45) is 0 Å². The summed E-state index contributed by atoms with van der Waals surface area (Å²) in [6.07, 6.45) is 0.695. The average molecular weight is 193 g/mol. The van der Waals surface area contributed by atoms with Crippen molar-refractivity contribution in [2.45, 2.75) is 25.9 Å². The summed E-state index contributed by atoms with van der Waals surface area (Å²) < 4.78 is 0. The van der Waals surface area contributed by atoms with Crippen LogP contribution in [0.25, 0.3) is 0 Å². The zero-order chi connectivity index (χ0) is 10.6. The fourth-order valence-electron chi connectivity index (χ4n) is 1.66. The molecule has 1 aromatic carbocycles. The van der Waals surface area contributed by atoms with Crippen LogP contribution in [0.5, 0.6) is 0 Å². The summed E-state index contributed by atoms with van der Waals surface area (Å²) in [7, 11) is 1.85. The molecule has 0 aliphatic carbocycles. The van der Waals surface area contributed by atoms with E-state index < -0.39 is 5.60 Å². The molecule has 2 N–H and O–H groups in total. The van der Waals surface area contributed by atoms with E-state index in [0.717, 1.165) is 0 Å². The first kappa shape index (κ1) is 11.2. The fourth-order valence-corrected chi connectivity index (χ4v) is 1.66. The van der Waals surface area contributed by atoms with Crippen molar-refractivity contribution < 1.29 is 5.11 Å². The minimum Gasteiger partial charge on any atom is -0.389 e. The van der Waals surface area contributed by atoms with Gasteiger partial charge in [0.05, 0.1) is 5.60 Å². The van der Waals surface area contributed by atoms with Crippen LogP contribution in [0, 0.1) is 6.92 Å². The van der Waals surface area contributed by atoms with E-state index in [1.807, 2.05) is 26.1 Å². The molecule has 0 aliphatic rings. The highest BCUT2D eigenvalue weighted by molar-refractivity contribution is 5.26. The zero-order valence-corrected chi connectivity index (χ0v) is 9.17. The number of rotatable bonds is 4. The summed E-state index contributed by atoms with van der Waals surface area (Å²) in [5, 5.41) is 13.0. The maximum Gasteiger partial charge on any atom is 0.0783 e. The molecule has 0 saturated carbocycles. The third kappa shape index (κ3) is 3.13. The predicted molar refractivity (Wildman–Crippen MR) is 59.4 cm³/mol. The Morgan fingerprint density at radius 1 is 1.36 bits per heavy atom. The topological polar surface area (TPSA) is 32.3 Å². The molecule has 1 unspecified atom stereocenters. The summed E-state index contributed by atoms with van der Waals surface area (Å²) >= 11 is 0. The predicted octanol–water partition coefficient (Wildman–Crippen LogP) is 1.51. The van der Waals surface area contributed by atoms with Gasteiger partial charge in [-0.2, -0.15) is 0 Å². The summed E-state index contributed by atoms with van der Waals surface area (Å²) in [5.74, 6) is 0. The van der Waals surface area contributed by atoms with E-state index in [1.165, 1.54) is 11.1 Å². The van der Waals surface area contributed by atoms with Crippen LogP contribution in [0.2, 0.25) is 0 Å². The highest BCUT2D eigenvalue weighted by Crippen LogP contribution is 2.15. The lowest BCUT2D eigenvalue weighted by atomic mass is 9.94. The lowest BCUT2D eigenvalue weighted by Gasteiger charge is -2.23. The van der Waals surface area contributed by atoms with Crippen molar-refractivity contribution >= 4 is 0 Å². The van der Waals surface area contributed by atoms with Gasteiger partial charge in [-0.1, -0.05) is 24.3 Å². The van der Waals surface area contributed by atoms with Gasteiger partial charge in [-0.05, 0) is 32.0 Å². The molecule has 14 heavy (non-hydrogen) atoms. The highest BCUT2D eigenvalue weighted by atomic mass is 16.3.